The number of hydrogen-bond donors (Lipinski definition) is 0. The standard InChI is InChI=1S/C18H18ClNO/c1-18(2,3)15-7-4-13(5-8-15)12-21-16-9-6-14(11-20)17(19)10-16/h4-10H,12H2,1-3H3. The maximum Gasteiger partial charge on any atom is 0.121 e. The van der Waals surface area contributed by atoms with Crippen molar-refractivity contribution in [1.29, 1.82) is 5.26 Å². The molecule has 0 heterocycles. The Morgan fingerprint density at radius 2 is 1.76 bits per heavy atom. The summed E-state index contributed by atoms with van der Waals surface area (Å²) in [5.74, 6) is 0.666. The van der Waals surface area contributed by atoms with Crippen LogP contribution in [0.5, 0.6) is 5.75 Å². The quantitative estimate of drug-likeness (QED) is 0.791. The Labute approximate surface area is 130 Å². The highest BCUT2D eigenvalue weighted by Crippen LogP contribution is 2.24. The maximum atomic E-state index is 8.83. The Morgan fingerprint density at radius 3 is 2.29 bits per heavy atom. The molecule has 0 atom stereocenters. The second kappa shape index (κ2) is 6.20. The summed E-state index contributed by atoms with van der Waals surface area (Å²) in [7, 11) is 0. The Hall–Kier alpha value is -1.98. The van der Waals surface area contributed by atoms with Crippen molar-refractivity contribution in [2.24, 2.45) is 0 Å². The minimum absolute atomic E-state index is 0.153. The summed E-state index contributed by atoms with van der Waals surface area (Å²) in [5, 5.41) is 9.25. The van der Waals surface area contributed by atoms with E-state index in [1.807, 2.05) is 6.07 Å². The molecule has 0 saturated carbocycles. The van der Waals surface area contributed by atoms with E-state index in [0.717, 1.165) is 5.56 Å². The maximum absolute atomic E-state index is 8.83. The van der Waals surface area contributed by atoms with Crippen LogP contribution in [0.3, 0.4) is 0 Å². The van der Waals surface area contributed by atoms with Crippen molar-refractivity contribution < 1.29 is 4.74 Å². The van der Waals surface area contributed by atoms with Gasteiger partial charge >= 0.3 is 0 Å². The Bertz CT molecular complexity index is 663. The van der Waals surface area contributed by atoms with Gasteiger partial charge in [0.15, 0.2) is 0 Å². The normalized spacial score (nSPS) is 11.0. The third-order valence-corrected chi connectivity index (χ3v) is 3.60. The highest BCUT2D eigenvalue weighted by atomic mass is 35.5. The Balaban J connectivity index is 2.03. The predicted molar refractivity (Wildman–Crippen MR) is 85.6 cm³/mol. The average molecular weight is 300 g/mol. The van der Waals surface area contributed by atoms with E-state index in [0.29, 0.717) is 22.9 Å². The van der Waals surface area contributed by atoms with Crippen LogP contribution in [0.15, 0.2) is 42.5 Å². The summed E-state index contributed by atoms with van der Waals surface area (Å²) < 4.78 is 5.70. The lowest BCUT2D eigenvalue weighted by atomic mass is 9.87. The molecule has 0 aliphatic rings. The fourth-order valence-corrected chi connectivity index (χ4v) is 2.16. The number of benzene rings is 2. The number of nitrogens with zero attached hydrogens (tertiary/aromatic N) is 1. The molecule has 0 aliphatic carbocycles. The number of halogens is 1. The van der Waals surface area contributed by atoms with Gasteiger partial charge in [-0.05, 0) is 28.7 Å². The molecule has 0 aliphatic heterocycles. The SMILES string of the molecule is CC(C)(C)c1ccc(COc2ccc(C#N)c(Cl)c2)cc1. The lowest BCUT2D eigenvalue weighted by Gasteiger charge is -2.19. The molecule has 2 nitrogen and oxygen atoms in total. The van der Waals surface area contributed by atoms with Crippen LogP contribution in [0, 0.1) is 11.3 Å². The number of nitriles is 1. The summed E-state index contributed by atoms with van der Waals surface area (Å²) in [6.07, 6.45) is 0. The number of ether oxygens (including phenoxy) is 1. The fraction of sp³-hybridized carbons (Fsp3) is 0.278. The van der Waals surface area contributed by atoms with Crippen LogP contribution in [0.1, 0.15) is 37.5 Å². The van der Waals surface area contributed by atoms with Crippen molar-refractivity contribution in [2.45, 2.75) is 32.8 Å². The molecule has 108 valence electrons. The van der Waals surface area contributed by atoms with E-state index in [9.17, 15) is 0 Å². The van der Waals surface area contributed by atoms with Gasteiger partial charge in [-0.1, -0.05) is 56.6 Å². The largest absolute Gasteiger partial charge is 0.489 e. The molecule has 0 spiro atoms. The molecule has 0 amide bonds. The second-order valence-corrected chi connectivity index (χ2v) is 6.40. The molecule has 0 bridgehead atoms. The minimum Gasteiger partial charge on any atom is -0.489 e. The summed E-state index contributed by atoms with van der Waals surface area (Å²) in [5.41, 5.74) is 3.01. The highest BCUT2D eigenvalue weighted by molar-refractivity contribution is 6.31. The van der Waals surface area contributed by atoms with Crippen molar-refractivity contribution in [3.63, 3.8) is 0 Å². The second-order valence-electron chi connectivity index (χ2n) is 5.99. The lowest BCUT2D eigenvalue weighted by molar-refractivity contribution is 0.306. The van der Waals surface area contributed by atoms with E-state index >= 15 is 0 Å². The molecule has 2 rings (SSSR count). The van der Waals surface area contributed by atoms with Crippen LogP contribution in [0.4, 0.5) is 0 Å². The smallest absolute Gasteiger partial charge is 0.121 e. The first-order valence-corrected chi connectivity index (χ1v) is 7.20. The molecule has 2 aromatic carbocycles. The monoisotopic (exact) mass is 299 g/mol. The van der Waals surface area contributed by atoms with E-state index in [1.165, 1.54) is 5.56 Å². The van der Waals surface area contributed by atoms with Gasteiger partial charge in [0, 0.05) is 6.07 Å². The van der Waals surface area contributed by atoms with E-state index in [2.05, 4.69) is 45.0 Å². The Morgan fingerprint density at radius 1 is 1.10 bits per heavy atom. The molecule has 0 saturated heterocycles. The average Bonchev–Trinajstić information content (AvgIpc) is 2.45. The first-order valence-electron chi connectivity index (χ1n) is 6.82. The highest BCUT2D eigenvalue weighted by Gasteiger charge is 2.12. The zero-order valence-electron chi connectivity index (χ0n) is 12.5. The van der Waals surface area contributed by atoms with Gasteiger partial charge in [0.1, 0.15) is 18.4 Å². The zero-order chi connectivity index (χ0) is 15.5. The molecular formula is C18H18ClNO. The van der Waals surface area contributed by atoms with Crippen LogP contribution < -0.4 is 4.74 Å². The molecule has 3 heteroatoms. The third-order valence-electron chi connectivity index (χ3n) is 3.29. The van der Waals surface area contributed by atoms with Gasteiger partial charge in [0.05, 0.1) is 10.6 Å². The van der Waals surface area contributed by atoms with Gasteiger partial charge in [0.25, 0.3) is 0 Å². The van der Waals surface area contributed by atoms with Crippen molar-refractivity contribution in [3.05, 3.63) is 64.2 Å². The molecule has 0 N–H and O–H groups in total. The molecule has 21 heavy (non-hydrogen) atoms. The molecule has 0 radical (unpaired) electrons. The van der Waals surface area contributed by atoms with Crippen molar-refractivity contribution in [1.82, 2.24) is 0 Å². The molecule has 0 unspecified atom stereocenters. The van der Waals surface area contributed by atoms with Crippen molar-refractivity contribution in [2.75, 3.05) is 0 Å². The van der Waals surface area contributed by atoms with Crippen LogP contribution >= 0.6 is 11.6 Å². The van der Waals surface area contributed by atoms with Gasteiger partial charge in [-0.3, -0.25) is 0 Å². The molecular weight excluding hydrogens is 282 g/mol. The van der Waals surface area contributed by atoms with Crippen LogP contribution in [-0.2, 0) is 12.0 Å². The van der Waals surface area contributed by atoms with Gasteiger partial charge in [-0.2, -0.15) is 5.26 Å². The molecule has 2 aromatic rings. The first kappa shape index (κ1) is 15.4. The molecule has 0 fully saturated rings. The Kier molecular flexibility index (Phi) is 4.55. The van der Waals surface area contributed by atoms with E-state index < -0.39 is 0 Å². The summed E-state index contributed by atoms with van der Waals surface area (Å²) in [4.78, 5) is 0. The zero-order valence-corrected chi connectivity index (χ0v) is 13.2. The summed E-state index contributed by atoms with van der Waals surface area (Å²) in [6, 6.07) is 15.5. The van der Waals surface area contributed by atoms with Crippen LogP contribution in [0.2, 0.25) is 5.02 Å². The fourth-order valence-electron chi connectivity index (χ4n) is 1.94. The summed E-state index contributed by atoms with van der Waals surface area (Å²) in [6.45, 7) is 7.05. The lowest BCUT2D eigenvalue weighted by Crippen LogP contribution is -2.10. The number of rotatable bonds is 3. The van der Waals surface area contributed by atoms with Gasteiger partial charge in [-0.15, -0.1) is 0 Å². The number of hydrogen-bond acceptors (Lipinski definition) is 2. The summed E-state index contributed by atoms with van der Waals surface area (Å²) >= 11 is 5.98. The van der Waals surface area contributed by atoms with E-state index in [-0.39, 0.29) is 5.41 Å². The van der Waals surface area contributed by atoms with Crippen molar-refractivity contribution >= 4 is 11.6 Å². The van der Waals surface area contributed by atoms with E-state index in [1.54, 1.807) is 18.2 Å². The van der Waals surface area contributed by atoms with Crippen molar-refractivity contribution in [3.8, 4) is 11.8 Å². The topological polar surface area (TPSA) is 33.0 Å². The van der Waals surface area contributed by atoms with Crippen LogP contribution in [-0.4, -0.2) is 0 Å². The molecule has 0 aromatic heterocycles. The van der Waals surface area contributed by atoms with E-state index in [4.69, 9.17) is 21.6 Å². The first-order chi connectivity index (χ1) is 9.90. The minimum atomic E-state index is 0.153. The van der Waals surface area contributed by atoms with Gasteiger partial charge in [0.2, 0.25) is 0 Å². The predicted octanol–water partition coefficient (Wildman–Crippen LogP) is 5.09. The van der Waals surface area contributed by atoms with Crippen LogP contribution in [0.25, 0.3) is 0 Å². The van der Waals surface area contributed by atoms with Gasteiger partial charge < -0.3 is 4.74 Å². The van der Waals surface area contributed by atoms with Gasteiger partial charge in [-0.25, -0.2) is 0 Å². The third kappa shape index (κ3) is 4.00.